The second-order valence-corrected chi connectivity index (χ2v) is 5.26. The Labute approximate surface area is 104 Å². The molecule has 0 aliphatic carbocycles. The van der Waals surface area contributed by atoms with E-state index in [1.54, 1.807) is 0 Å². The molecule has 0 amide bonds. The van der Waals surface area contributed by atoms with Crippen molar-refractivity contribution in [1.29, 1.82) is 0 Å². The molecular weight excluding hydrogens is 246 g/mol. The van der Waals surface area contributed by atoms with Gasteiger partial charge in [0.05, 0.1) is 5.56 Å². The molecule has 1 atom stereocenters. The van der Waals surface area contributed by atoms with E-state index in [0.29, 0.717) is 12.0 Å². The molecule has 0 spiro atoms. The lowest BCUT2D eigenvalue weighted by Crippen LogP contribution is -2.28. The van der Waals surface area contributed by atoms with Gasteiger partial charge in [-0.2, -0.15) is 13.2 Å². The average Bonchev–Trinajstić information content (AvgIpc) is 2.13. The van der Waals surface area contributed by atoms with Gasteiger partial charge in [0.25, 0.3) is 0 Å². The Balaban J connectivity index is 3.12. The van der Waals surface area contributed by atoms with E-state index in [1.807, 2.05) is 20.8 Å². The van der Waals surface area contributed by atoms with Crippen molar-refractivity contribution in [2.24, 2.45) is 5.73 Å². The fourth-order valence-corrected chi connectivity index (χ4v) is 2.09. The molecule has 0 aliphatic heterocycles. The summed E-state index contributed by atoms with van der Waals surface area (Å²) in [6, 6.07) is 2.94. The van der Waals surface area contributed by atoms with Gasteiger partial charge in [-0.25, -0.2) is 4.39 Å². The van der Waals surface area contributed by atoms with E-state index in [1.165, 1.54) is 6.07 Å². The molecule has 0 saturated heterocycles. The van der Waals surface area contributed by atoms with Crippen LogP contribution in [0.25, 0.3) is 0 Å². The fourth-order valence-electron chi connectivity index (χ4n) is 2.09. The van der Waals surface area contributed by atoms with E-state index in [4.69, 9.17) is 5.73 Å². The van der Waals surface area contributed by atoms with Crippen LogP contribution in [0.2, 0.25) is 0 Å². The molecule has 1 aromatic rings. The normalized spacial score (nSPS) is 14.7. The summed E-state index contributed by atoms with van der Waals surface area (Å²) in [4.78, 5) is 0. The van der Waals surface area contributed by atoms with Crippen LogP contribution in [0.4, 0.5) is 17.6 Å². The molecule has 0 aliphatic rings. The minimum atomic E-state index is -4.66. The summed E-state index contributed by atoms with van der Waals surface area (Å²) >= 11 is 0. The molecule has 1 unspecified atom stereocenters. The Hall–Kier alpha value is -1.10. The number of alkyl halides is 3. The standard InChI is InChI=1S/C13H17F4N/c1-8(18)7-12(2,3)9-4-5-10(11(14)6-9)13(15,16)17/h4-6,8H,7,18H2,1-3H3. The predicted molar refractivity (Wildman–Crippen MR) is 62.7 cm³/mol. The molecule has 0 radical (unpaired) electrons. The first-order chi connectivity index (χ1) is 8.04. The molecule has 0 aromatic heterocycles. The van der Waals surface area contributed by atoms with Crippen molar-refractivity contribution in [3.05, 3.63) is 35.1 Å². The first-order valence-electron chi connectivity index (χ1n) is 5.67. The van der Waals surface area contributed by atoms with Gasteiger partial charge >= 0.3 is 6.18 Å². The topological polar surface area (TPSA) is 26.0 Å². The zero-order valence-electron chi connectivity index (χ0n) is 10.6. The second-order valence-electron chi connectivity index (χ2n) is 5.26. The van der Waals surface area contributed by atoms with E-state index in [2.05, 4.69) is 0 Å². The van der Waals surface area contributed by atoms with Gasteiger partial charge in [-0.15, -0.1) is 0 Å². The minimum absolute atomic E-state index is 0.106. The highest BCUT2D eigenvalue weighted by Crippen LogP contribution is 2.35. The molecule has 0 heterocycles. The molecule has 0 fully saturated rings. The fraction of sp³-hybridized carbons (Fsp3) is 0.538. The molecule has 1 aromatic carbocycles. The summed E-state index contributed by atoms with van der Waals surface area (Å²) in [5.74, 6) is -1.24. The zero-order valence-corrected chi connectivity index (χ0v) is 10.6. The number of nitrogens with two attached hydrogens (primary N) is 1. The quantitative estimate of drug-likeness (QED) is 0.823. The third kappa shape index (κ3) is 3.45. The SMILES string of the molecule is CC(N)CC(C)(C)c1ccc(C(F)(F)F)c(F)c1. The Morgan fingerprint density at radius 2 is 1.78 bits per heavy atom. The number of rotatable bonds is 3. The second kappa shape index (κ2) is 4.88. The third-order valence-corrected chi connectivity index (χ3v) is 2.89. The van der Waals surface area contributed by atoms with Crippen LogP contribution in [0.15, 0.2) is 18.2 Å². The first kappa shape index (κ1) is 15.0. The summed E-state index contributed by atoms with van der Waals surface area (Å²) in [7, 11) is 0. The number of halogens is 4. The molecule has 2 N–H and O–H groups in total. The van der Waals surface area contributed by atoms with E-state index < -0.39 is 23.0 Å². The van der Waals surface area contributed by atoms with Gasteiger partial charge < -0.3 is 5.73 Å². The zero-order chi connectivity index (χ0) is 14.1. The maximum Gasteiger partial charge on any atom is 0.419 e. The van der Waals surface area contributed by atoms with Crippen LogP contribution in [-0.4, -0.2) is 6.04 Å². The highest BCUT2D eigenvalue weighted by Gasteiger charge is 2.35. The van der Waals surface area contributed by atoms with Crippen molar-refractivity contribution in [1.82, 2.24) is 0 Å². The maximum atomic E-state index is 13.5. The van der Waals surface area contributed by atoms with Crippen LogP contribution in [0.5, 0.6) is 0 Å². The van der Waals surface area contributed by atoms with Crippen LogP contribution in [0.3, 0.4) is 0 Å². The Morgan fingerprint density at radius 1 is 1.22 bits per heavy atom. The molecular formula is C13H17F4N. The molecule has 5 heteroatoms. The maximum absolute atomic E-state index is 13.5. The van der Waals surface area contributed by atoms with E-state index in [0.717, 1.165) is 12.1 Å². The van der Waals surface area contributed by atoms with E-state index >= 15 is 0 Å². The molecule has 0 bridgehead atoms. The summed E-state index contributed by atoms with van der Waals surface area (Å²) in [6.07, 6.45) is -4.09. The lowest BCUT2D eigenvalue weighted by atomic mass is 9.79. The van der Waals surface area contributed by atoms with E-state index in [-0.39, 0.29) is 6.04 Å². The largest absolute Gasteiger partial charge is 0.419 e. The summed E-state index contributed by atoms with van der Waals surface area (Å²) in [5, 5.41) is 0. The lowest BCUT2D eigenvalue weighted by molar-refractivity contribution is -0.140. The number of benzene rings is 1. The van der Waals surface area contributed by atoms with E-state index in [9.17, 15) is 17.6 Å². The van der Waals surface area contributed by atoms with Crippen molar-refractivity contribution in [3.8, 4) is 0 Å². The summed E-state index contributed by atoms with van der Waals surface area (Å²) in [6.45, 7) is 5.47. The first-order valence-corrected chi connectivity index (χ1v) is 5.67. The predicted octanol–water partition coefficient (Wildman–Crippen LogP) is 3.86. The van der Waals surface area contributed by atoms with Gasteiger partial charge in [0, 0.05) is 6.04 Å². The smallest absolute Gasteiger partial charge is 0.328 e. The highest BCUT2D eigenvalue weighted by molar-refractivity contribution is 5.31. The molecule has 102 valence electrons. The molecule has 18 heavy (non-hydrogen) atoms. The van der Waals surface area contributed by atoms with Crippen molar-refractivity contribution in [3.63, 3.8) is 0 Å². The van der Waals surface area contributed by atoms with Crippen LogP contribution in [0.1, 0.15) is 38.3 Å². The summed E-state index contributed by atoms with van der Waals surface area (Å²) < 4.78 is 50.7. The lowest BCUT2D eigenvalue weighted by Gasteiger charge is -2.27. The van der Waals surface area contributed by atoms with Crippen LogP contribution < -0.4 is 5.73 Å². The molecule has 0 saturated carbocycles. The van der Waals surface area contributed by atoms with Gasteiger partial charge in [-0.05, 0) is 36.5 Å². The van der Waals surface area contributed by atoms with Crippen LogP contribution in [0, 0.1) is 5.82 Å². The number of hydrogen-bond acceptors (Lipinski definition) is 1. The van der Waals surface area contributed by atoms with Gasteiger partial charge in [0.15, 0.2) is 0 Å². The van der Waals surface area contributed by atoms with Gasteiger partial charge in [0.1, 0.15) is 5.82 Å². The number of hydrogen-bond donors (Lipinski definition) is 1. The average molecular weight is 263 g/mol. The third-order valence-electron chi connectivity index (χ3n) is 2.89. The summed E-state index contributed by atoms with van der Waals surface area (Å²) in [5.41, 5.74) is 4.51. The van der Waals surface area contributed by atoms with Crippen molar-refractivity contribution in [2.75, 3.05) is 0 Å². The van der Waals surface area contributed by atoms with Crippen LogP contribution >= 0.6 is 0 Å². The van der Waals surface area contributed by atoms with Crippen molar-refractivity contribution in [2.45, 2.75) is 44.8 Å². The monoisotopic (exact) mass is 263 g/mol. The Bertz CT molecular complexity index is 421. The molecule has 1 nitrogen and oxygen atoms in total. The molecule has 1 rings (SSSR count). The van der Waals surface area contributed by atoms with Gasteiger partial charge in [-0.3, -0.25) is 0 Å². The van der Waals surface area contributed by atoms with Gasteiger partial charge in [-0.1, -0.05) is 19.9 Å². The highest BCUT2D eigenvalue weighted by atomic mass is 19.4. The Kier molecular flexibility index (Phi) is 4.05. The van der Waals surface area contributed by atoms with Crippen LogP contribution in [-0.2, 0) is 11.6 Å². The Morgan fingerprint density at radius 3 is 2.17 bits per heavy atom. The van der Waals surface area contributed by atoms with Crippen molar-refractivity contribution >= 4 is 0 Å². The van der Waals surface area contributed by atoms with Crippen molar-refractivity contribution < 1.29 is 17.6 Å². The minimum Gasteiger partial charge on any atom is -0.328 e. The van der Waals surface area contributed by atoms with Gasteiger partial charge in [0.2, 0.25) is 0 Å².